The first-order valence-corrected chi connectivity index (χ1v) is 4.74. The van der Waals surface area contributed by atoms with Gasteiger partial charge in [-0.05, 0) is 29.6 Å². The number of hydrogen-bond donors (Lipinski definition) is 0. The molecule has 0 aliphatic rings. The molecule has 5 heteroatoms. The van der Waals surface area contributed by atoms with Crippen LogP contribution < -0.4 is 0 Å². The summed E-state index contributed by atoms with van der Waals surface area (Å²) >= 11 is 5.80. The molecule has 1 aromatic rings. The zero-order chi connectivity index (χ0) is 11.1. The van der Waals surface area contributed by atoms with Gasteiger partial charge in [0, 0.05) is 11.5 Å². The fourth-order valence-corrected chi connectivity index (χ4v) is 1.25. The Balaban J connectivity index is 2.60. The molecule has 1 aromatic carbocycles. The first kappa shape index (κ1) is 11.6. The number of azide groups is 1. The van der Waals surface area contributed by atoms with E-state index in [-0.39, 0.29) is 5.82 Å². The third-order valence-corrected chi connectivity index (χ3v) is 2.05. The van der Waals surface area contributed by atoms with E-state index in [2.05, 4.69) is 10.0 Å². The van der Waals surface area contributed by atoms with Crippen molar-refractivity contribution in [1.82, 2.24) is 0 Å². The number of hydrogen-bond acceptors (Lipinski definition) is 1. The van der Waals surface area contributed by atoms with Crippen LogP contribution in [0.25, 0.3) is 16.5 Å². The van der Waals surface area contributed by atoms with Crippen molar-refractivity contribution in [3.05, 3.63) is 51.1 Å². The Morgan fingerprint density at radius 3 is 3.00 bits per heavy atom. The van der Waals surface area contributed by atoms with Crippen LogP contribution in [-0.2, 0) is 0 Å². The number of nitrogens with zero attached hydrogens (tertiary/aromatic N) is 3. The zero-order valence-electron chi connectivity index (χ0n) is 7.90. The summed E-state index contributed by atoms with van der Waals surface area (Å²) in [7, 11) is 0. The second kappa shape index (κ2) is 6.06. The van der Waals surface area contributed by atoms with Gasteiger partial charge in [0.05, 0.1) is 5.02 Å². The summed E-state index contributed by atoms with van der Waals surface area (Å²) in [6.07, 6.45) is 4.24. The van der Waals surface area contributed by atoms with E-state index in [1.165, 1.54) is 12.1 Å². The van der Waals surface area contributed by atoms with Crippen molar-refractivity contribution < 1.29 is 4.39 Å². The molecule has 0 bridgehead atoms. The first-order chi connectivity index (χ1) is 7.24. The molecule has 0 radical (unpaired) electrons. The Morgan fingerprint density at radius 2 is 2.33 bits per heavy atom. The molecule has 78 valence electrons. The molecule has 0 atom stereocenters. The molecule has 0 aliphatic carbocycles. The van der Waals surface area contributed by atoms with Gasteiger partial charge in [0.25, 0.3) is 0 Å². The van der Waals surface area contributed by atoms with Crippen molar-refractivity contribution in [2.24, 2.45) is 5.11 Å². The van der Waals surface area contributed by atoms with E-state index in [1.807, 2.05) is 6.08 Å². The monoisotopic (exact) mass is 225 g/mol. The van der Waals surface area contributed by atoms with Gasteiger partial charge in [-0.1, -0.05) is 34.9 Å². The molecule has 0 aromatic heterocycles. The molecule has 0 N–H and O–H groups in total. The molecule has 0 aliphatic heterocycles. The van der Waals surface area contributed by atoms with E-state index in [1.54, 1.807) is 12.1 Å². The summed E-state index contributed by atoms with van der Waals surface area (Å²) in [4.78, 5) is 2.62. The molecule has 0 amide bonds. The van der Waals surface area contributed by atoms with Gasteiger partial charge >= 0.3 is 0 Å². The minimum atomic E-state index is -0.355. The van der Waals surface area contributed by atoms with E-state index in [4.69, 9.17) is 17.1 Å². The maximum absolute atomic E-state index is 12.7. The average molecular weight is 226 g/mol. The van der Waals surface area contributed by atoms with E-state index in [0.717, 1.165) is 5.56 Å². The van der Waals surface area contributed by atoms with Crippen molar-refractivity contribution in [3.63, 3.8) is 0 Å². The van der Waals surface area contributed by atoms with Crippen LogP contribution in [-0.4, -0.2) is 6.54 Å². The lowest BCUT2D eigenvalue weighted by atomic mass is 10.2. The van der Waals surface area contributed by atoms with Crippen LogP contribution in [0.5, 0.6) is 0 Å². The highest BCUT2D eigenvalue weighted by Crippen LogP contribution is 2.18. The van der Waals surface area contributed by atoms with Crippen LogP contribution in [0.3, 0.4) is 0 Å². The van der Waals surface area contributed by atoms with Crippen LogP contribution in [0.2, 0.25) is 5.02 Å². The molecule has 0 spiro atoms. The van der Waals surface area contributed by atoms with E-state index in [9.17, 15) is 4.39 Å². The van der Waals surface area contributed by atoms with Gasteiger partial charge in [-0.2, -0.15) is 0 Å². The fourth-order valence-electron chi connectivity index (χ4n) is 1.02. The SMILES string of the molecule is [N-]=[N+]=NCCC=Cc1ccc(F)cc1Cl. The summed E-state index contributed by atoms with van der Waals surface area (Å²) < 4.78 is 12.7. The van der Waals surface area contributed by atoms with Crippen LogP contribution in [0.1, 0.15) is 12.0 Å². The predicted molar refractivity (Wildman–Crippen MR) is 59.1 cm³/mol. The smallest absolute Gasteiger partial charge is 0.124 e. The van der Waals surface area contributed by atoms with Gasteiger partial charge < -0.3 is 0 Å². The molecule has 15 heavy (non-hydrogen) atoms. The van der Waals surface area contributed by atoms with Crippen LogP contribution >= 0.6 is 11.6 Å². The van der Waals surface area contributed by atoms with E-state index in [0.29, 0.717) is 18.0 Å². The molecule has 0 heterocycles. The quantitative estimate of drug-likeness (QED) is 0.319. The van der Waals surface area contributed by atoms with Gasteiger partial charge in [0.15, 0.2) is 0 Å². The molecule has 0 saturated carbocycles. The highest BCUT2D eigenvalue weighted by molar-refractivity contribution is 6.32. The highest BCUT2D eigenvalue weighted by Gasteiger charge is 1.97. The fraction of sp³-hybridized carbons (Fsp3) is 0.200. The second-order valence-corrected chi connectivity index (χ2v) is 3.22. The van der Waals surface area contributed by atoms with E-state index < -0.39 is 0 Å². The van der Waals surface area contributed by atoms with Crippen molar-refractivity contribution in [2.45, 2.75) is 6.42 Å². The van der Waals surface area contributed by atoms with Gasteiger partial charge in [-0.3, -0.25) is 0 Å². The Kier molecular flexibility index (Phi) is 4.68. The summed E-state index contributed by atoms with van der Waals surface area (Å²) in [5.41, 5.74) is 8.78. The van der Waals surface area contributed by atoms with Gasteiger partial charge in [0.1, 0.15) is 5.82 Å². The summed E-state index contributed by atoms with van der Waals surface area (Å²) in [6.45, 7) is 0.409. The topological polar surface area (TPSA) is 48.8 Å². The van der Waals surface area contributed by atoms with Crippen molar-refractivity contribution in [1.29, 1.82) is 0 Å². The minimum absolute atomic E-state index is 0.355. The molecular weight excluding hydrogens is 217 g/mol. The number of halogens is 2. The molecule has 3 nitrogen and oxygen atoms in total. The van der Waals surface area contributed by atoms with Crippen molar-refractivity contribution in [3.8, 4) is 0 Å². The average Bonchev–Trinajstić information content (AvgIpc) is 2.20. The van der Waals surface area contributed by atoms with Crippen LogP contribution in [0.4, 0.5) is 4.39 Å². The summed E-state index contributed by atoms with van der Waals surface area (Å²) in [5.74, 6) is -0.355. The number of rotatable bonds is 4. The normalized spacial score (nSPS) is 10.3. The molecular formula is C10H9ClFN3. The highest BCUT2D eigenvalue weighted by atomic mass is 35.5. The third kappa shape index (κ3) is 4.02. The Morgan fingerprint density at radius 1 is 1.53 bits per heavy atom. The minimum Gasteiger partial charge on any atom is -0.207 e. The number of benzene rings is 1. The lowest BCUT2D eigenvalue weighted by molar-refractivity contribution is 0.628. The maximum atomic E-state index is 12.7. The van der Waals surface area contributed by atoms with Crippen molar-refractivity contribution >= 4 is 17.7 Å². The largest absolute Gasteiger partial charge is 0.207 e. The van der Waals surface area contributed by atoms with Crippen molar-refractivity contribution in [2.75, 3.05) is 6.54 Å². The van der Waals surface area contributed by atoms with Crippen LogP contribution in [0, 0.1) is 5.82 Å². The molecule has 0 unspecified atom stereocenters. The van der Waals surface area contributed by atoms with Gasteiger partial charge in [-0.25, -0.2) is 4.39 Å². The Labute approximate surface area is 91.8 Å². The van der Waals surface area contributed by atoms with Crippen LogP contribution in [0.15, 0.2) is 29.4 Å². The van der Waals surface area contributed by atoms with E-state index >= 15 is 0 Å². The third-order valence-electron chi connectivity index (χ3n) is 1.72. The molecule has 0 fully saturated rings. The molecule has 0 saturated heterocycles. The lowest BCUT2D eigenvalue weighted by Crippen LogP contribution is -1.79. The first-order valence-electron chi connectivity index (χ1n) is 4.36. The lowest BCUT2D eigenvalue weighted by Gasteiger charge is -1.97. The summed E-state index contributed by atoms with van der Waals surface area (Å²) in [5, 5.41) is 3.75. The summed E-state index contributed by atoms with van der Waals surface area (Å²) in [6, 6.07) is 4.20. The van der Waals surface area contributed by atoms with Gasteiger partial charge in [0.2, 0.25) is 0 Å². The maximum Gasteiger partial charge on any atom is 0.124 e. The predicted octanol–water partition coefficient (Wildman–Crippen LogP) is 4.19. The standard InChI is InChI=1S/C10H9ClFN3/c11-10-7-9(12)5-4-8(10)3-1-2-6-14-15-13/h1,3-5,7H,2,6H2. The second-order valence-electron chi connectivity index (χ2n) is 2.81. The Hall–Kier alpha value is -1.51. The van der Waals surface area contributed by atoms with Gasteiger partial charge in [-0.15, -0.1) is 0 Å². The zero-order valence-corrected chi connectivity index (χ0v) is 8.65. The Bertz CT molecular complexity index is 411. The molecule has 1 rings (SSSR count).